The molecular formula is C18H18FN5O3. The van der Waals surface area contributed by atoms with Crippen molar-refractivity contribution < 1.29 is 19.1 Å². The van der Waals surface area contributed by atoms with Crippen molar-refractivity contribution in [3.8, 4) is 0 Å². The van der Waals surface area contributed by atoms with Gasteiger partial charge >= 0.3 is 5.97 Å². The number of hydrogen-bond donors (Lipinski definition) is 2. The van der Waals surface area contributed by atoms with Crippen LogP contribution in [0.1, 0.15) is 34.6 Å². The van der Waals surface area contributed by atoms with E-state index < -0.39 is 17.9 Å². The number of amides is 1. The van der Waals surface area contributed by atoms with E-state index in [0.29, 0.717) is 11.4 Å². The van der Waals surface area contributed by atoms with Crippen LogP contribution in [-0.2, 0) is 11.3 Å². The van der Waals surface area contributed by atoms with E-state index in [9.17, 15) is 14.0 Å². The number of aromatic carboxylic acids is 1. The van der Waals surface area contributed by atoms with Crippen LogP contribution >= 0.6 is 0 Å². The molecule has 27 heavy (non-hydrogen) atoms. The lowest BCUT2D eigenvalue weighted by Crippen LogP contribution is -2.24. The summed E-state index contributed by atoms with van der Waals surface area (Å²) in [5, 5.41) is 19.8. The van der Waals surface area contributed by atoms with Crippen molar-refractivity contribution in [2.75, 3.05) is 5.32 Å². The van der Waals surface area contributed by atoms with Crippen molar-refractivity contribution in [3.05, 3.63) is 65.4 Å². The normalized spacial score (nSPS) is 12.0. The molecule has 0 saturated carbocycles. The maximum absolute atomic E-state index is 13.8. The fraction of sp³-hybridized carbons (Fsp3) is 0.222. The van der Waals surface area contributed by atoms with Gasteiger partial charge in [-0.05, 0) is 19.9 Å². The van der Waals surface area contributed by atoms with Crippen molar-refractivity contribution >= 4 is 17.7 Å². The maximum atomic E-state index is 13.8. The zero-order valence-corrected chi connectivity index (χ0v) is 14.8. The summed E-state index contributed by atoms with van der Waals surface area (Å²) in [6, 6.07) is 7.37. The Kier molecular flexibility index (Phi) is 5.02. The third-order valence-electron chi connectivity index (χ3n) is 4.14. The lowest BCUT2D eigenvalue weighted by Gasteiger charge is -2.11. The quantitative estimate of drug-likeness (QED) is 0.693. The number of carboxylic acids is 1. The lowest BCUT2D eigenvalue weighted by atomic mass is 10.2. The van der Waals surface area contributed by atoms with E-state index >= 15 is 0 Å². The summed E-state index contributed by atoms with van der Waals surface area (Å²) in [5.74, 6) is -1.51. The van der Waals surface area contributed by atoms with Gasteiger partial charge in [0.05, 0.1) is 18.3 Å². The van der Waals surface area contributed by atoms with E-state index in [1.165, 1.54) is 23.1 Å². The first-order valence-corrected chi connectivity index (χ1v) is 8.21. The van der Waals surface area contributed by atoms with Gasteiger partial charge < -0.3 is 10.4 Å². The predicted octanol–water partition coefficient (Wildman–Crippen LogP) is 2.47. The molecule has 2 N–H and O–H groups in total. The van der Waals surface area contributed by atoms with E-state index in [1.807, 2.05) is 0 Å². The Morgan fingerprint density at radius 1 is 1.33 bits per heavy atom. The summed E-state index contributed by atoms with van der Waals surface area (Å²) in [7, 11) is 0. The molecule has 1 unspecified atom stereocenters. The van der Waals surface area contributed by atoms with E-state index in [1.54, 1.807) is 42.8 Å². The molecule has 2 aromatic heterocycles. The van der Waals surface area contributed by atoms with Gasteiger partial charge in [-0.2, -0.15) is 10.2 Å². The molecule has 0 aliphatic carbocycles. The van der Waals surface area contributed by atoms with E-state index in [4.69, 9.17) is 5.11 Å². The maximum Gasteiger partial charge on any atom is 0.338 e. The predicted molar refractivity (Wildman–Crippen MR) is 95.0 cm³/mol. The smallest absolute Gasteiger partial charge is 0.338 e. The van der Waals surface area contributed by atoms with Crippen LogP contribution in [0.25, 0.3) is 0 Å². The standard InChI is InChI=1S/C18H18FN5O3/c1-11-7-16(22-23(11)9-13-5-3-4-6-15(13)19)21-17(25)12(2)24-10-14(8-20-24)18(26)27/h3-8,10,12H,9H2,1-2H3,(H,26,27)(H,21,22,25). The summed E-state index contributed by atoms with van der Waals surface area (Å²) in [6.45, 7) is 3.64. The van der Waals surface area contributed by atoms with Gasteiger partial charge in [-0.1, -0.05) is 18.2 Å². The van der Waals surface area contributed by atoms with Crippen molar-refractivity contribution in [2.45, 2.75) is 26.4 Å². The second-order valence-electron chi connectivity index (χ2n) is 6.10. The van der Waals surface area contributed by atoms with Gasteiger partial charge in [0.25, 0.3) is 0 Å². The molecule has 1 amide bonds. The Morgan fingerprint density at radius 2 is 2.07 bits per heavy atom. The van der Waals surface area contributed by atoms with Gasteiger partial charge in [-0.3, -0.25) is 14.2 Å². The lowest BCUT2D eigenvalue weighted by molar-refractivity contribution is -0.119. The average molecular weight is 371 g/mol. The first-order chi connectivity index (χ1) is 12.8. The van der Waals surface area contributed by atoms with Crippen LogP contribution in [0.15, 0.2) is 42.7 Å². The Labute approximate surface area is 154 Å². The monoisotopic (exact) mass is 371 g/mol. The van der Waals surface area contributed by atoms with Crippen LogP contribution in [0.2, 0.25) is 0 Å². The van der Waals surface area contributed by atoms with Gasteiger partial charge in [0, 0.05) is 23.5 Å². The molecule has 9 heteroatoms. The van der Waals surface area contributed by atoms with Crippen molar-refractivity contribution in [1.82, 2.24) is 19.6 Å². The number of aromatic nitrogens is 4. The molecule has 140 valence electrons. The molecule has 0 spiro atoms. The molecule has 0 bridgehead atoms. The summed E-state index contributed by atoms with van der Waals surface area (Å²) in [6.07, 6.45) is 2.47. The van der Waals surface area contributed by atoms with Crippen molar-refractivity contribution in [1.29, 1.82) is 0 Å². The molecule has 8 nitrogen and oxygen atoms in total. The van der Waals surface area contributed by atoms with Crippen LogP contribution in [0.3, 0.4) is 0 Å². The average Bonchev–Trinajstić information content (AvgIpc) is 3.24. The number of nitrogens with zero attached hydrogens (tertiary/aromatic N) is 4. The number of aryl methyl sites for hydroxylation is 1. The van der Waals surface area contributed by atoms with Gasteiger partial charge in [-0.25, -0.2) is 9.18 Å². The first-order valence-electron chi connectivity index (χ1n) is 8.21. The zero-order valence-electron chi connectivity index (χ0n) is 14.8. The highest BCUT2D eigenvalue weighted by Crippen LogP contribution is 2.15. The number of carbonyl (C=O) groups excluding carboxylic acids is 1. The zero-order chi connectivity index (χ0) is 19.6. The Hall–Kier alpha value is -3.49. The second-order valence-corrected chi connectivity index (χ2v) is 6.10. The fourth-order valence-corrected chi connectivity index (χ4v) is 2.53. The molecule has 3 aromatic rings. The number of carbonyl (C=O) groups is 2. The molecule has 0 fully saturated rings. The molecule has 0 aliphatic rings. The number of halogens is 1. The van der Waals surface area contributed by atoms with Crippen LogP contribution in [0, 0.1) is 12.7 Å². The highest BCUT2D eigenvalue weighted by molar-refractivity contribution is 5.93. The fourth-order valence-electron chi connectivity index (χ4n) is 2.53. The molecule has 0 aliphatic heterocycles. The molecule has 1 aromatic carbocycles. The van der Waals surface area contributed by atoms with E-state index in [2.05, 4.69) is 15.5 Å². The van der Waals surface area contributed by atoms with Gasteiger partial charge in [-0.15, -0.1) is 0 Å². The van der Waals surface area contributed by atoms with Crippen molar-refractivity contribution in [2.24, 2.45) is 0 Å². The first kappa shape index (κ1) is 18.3. The number of benzene rings is 1. The largest absolute Gasteiger partial charge is 0.478 e. The number of nitrogens with one attached hydrogen (secondary N) is 1. The number of hydrogen-bond acceptors (Lipinski definition) is 4. The number of rotatable bonds is 6. The molecule has 0 saturated heterocycles. The molecule has 1 atom stereocenters. The van der Waals surface area contributed by atoms with E-state index in [0.717, 1.165) is 5.69 Å². The third-order valence-corrected chi connectivity index (χ3v) is 4.14. The van der Waals surface area contributed by atoms with Gasteiger partial charge in [0.2, 0.25) is 5.91 Å². The molecule has 0 radical (unpaired) electrons. The molecule has 2 heterocycles. The molecular weight excluding hydrogens is 353 g/mol. The number of carboxylic acid groups (broad SMARTS) is 1. The van der Waals surface area contributed by atoms with Crippen molar-refractivity contribution in [3.63, 3.8) is 0 Å². The number of anilines is 1. The summed E-state index contributed by atoms with van der Waals surface area (Å²) in [5.41, 5.74) is 1.25. The van der Waals surface area contributed by atoms with Gasteiger partial charge in [0.1, 0.15) is 11.9 Å². The highest BCUT2D eigenvalue weighted by atomic mass is 19.1. The minimum Gasteiger partial charge on any atom is -0.478 e. The Morgan fingerprint density at radius 3 is 2.74 bits per heavy atom. The van der Waals surface area contributed by atoms with Crippen LogP contribution < -0.4 is 5.32 Å². The highest BCUT2D eigenvalue weighted by Gasteiger charge is 2.19. The minimum atomic E-state index is -1.11. The van der Waals surface area contributed by atoms with E-state index in [-0.39, 0.29) is 17.9 Å². The second kappa shape index (κ2) is 7.40. The summed E-state index contributed by atoms with van der Waals surface area (Å²) in [4.78, 5) is 23.3. The minimum absolute atomic E-state index is 0.000315. The Balaban J connectivity index is 1.71. The van der Waals surface area contributed by atoms with Crippen LogP contribution in [0.5, 0.6) is 0 Å². The SMILES string of the molecule is Cc1cc(NC(=O)C(C)n2cc(C(=O)O)cn2)nn1Cc1ccccc1F. The van der Waals surface area contributed by atoms with Gasteiger partial charge in [0.15, 0.2) is 5.82 Å². The topological polar surface area (TPSA) is 102 Å². The summed E-state index contributed by atoms with van der Waals surface area (Å²) < 4.78 is 16.7. The Bertz CT molecular complexity index is 995. The molecule has 3 rings (SSSR count). The summed E-state index contributed by atoms with van der Waals surface area (Å²) >= 11 is 0. The van der Waals surface area contributed by atoms with Crippen LogP contribution in [0.4, 0.5) is 10.2 Å². The third kappa shape index (κ3) is 4.02. The van der Waals surface area contributed by atoms with Crippen LogP contribution in [-0.4, -0.2) is 36.5 Å².